The highest BCUT2D eigenvalue weighted by Crippen LogP contribution is 2.29. The highest BCUT2D eigenvalue weighted by molar-refractivity contribution is 7.85. The third-order valence-electron chi connectivity index (χ3n) is 4.36. The molecule has 0 spiro atoms. The molecule has 0 saturated heterocycles. The Morgan fingerprint density at radius 2 is 2.05 bits per heavy atom. The molecule has 0 bridgehead atoms. The summed E-state index contributed by atoms with van der Waals surface area (Å²) in [6.45, 7) is 2.08. The van der Waals surface area contributed by atoms with Gasteiger partial charge in [-0.1, -0.05) is 37.0 Å². The number of rotatable bonds is 6. The number of benzene rings is 1. The Labute approximate surface area is 130 Å². The normalized spacial score (nSPS) is 19.2. The van der Waals surface area contributed by atoms with Crippen LogP contribution in [-0.4, -0.2) is 29.4 Å². The summed E-state index contributed by atoms with van der Waals surface area (Å²) < 4.78 is 18.1. The Bertz CT molecular complexity index is 484. The first-order chi connectivity index (χ1) is 10.2. The maximum atomic E-state index is 12.7. The smallest absolute Gasteiger partial charge is 0.123 e. The lowest BCUT2D eigenvalue weighted by Crippen LogP contribution is -2.29. The van der Waals surface area contributed by atoms with Gasteiger partial charge in [-0.05, 0) is 32.9 Å². The molecule has 118 valence electrons. The molecule has 0 aliphatic heterocycles. The molecule has 0 aromatic heterocycles. The summed E-state index contributed by atoms with van der Waals surface area (Å²) in [5, 5.41) is 3.70. The Kier molecular flexibility index (Phi) is 6.24. The molecule has 1 aliphatic rings. The van der Waals surface area contributed by atoms with Gasteiger partial charge < -0.3 is 10.1 Å². The Morgan fingerprint density at radius 3 is 2.67 bits per heavy atom. The van der Waals surface area contributed by atoms with Crippen molar-refractivity contribution >= 4 is 10.8 Å². The minimum Gasteiger partial charge on any atom is -0.496 e. The van der Waals surface area contributed by atoms with E-state index in [4.69, 9.17) is 4.74 Å². The lowest BCUT2D eigenvalue weighted by atomic mass is 10.0. The van der Waals surface area contributed by atoms with Crippen LogP contribution in [0.5, 0.6) is 5.75 Å². The molecule has 2 atom stereocenters. The van der Waals surface area contributed by atoms with Gasteiger partial charge in [0.2, 0.25) is 0 Å². The Morgan fingerprint density at radius 1 is 1.33 bits per heavy atom. The van der Waals surface area contributed by atoms with Crippen LogP contribution >= 0.6 is 0 Å². The summed E-state index contributed by atoms with van der Waals surface area (Å²) in [4.78, 5) is 0. The molecular weight excluding hydrogens is 282 g/mol. The van der Waals surface area contributed by atoms with Crippen molar-refractivity contribution in [3.63, 3.8) is 0 Å². The van der Waals surface area contributed by atoms with Gasteiger partial charge in [-0.25, -0.2) is 0 Å². The molecule has 2 unspecified atom stereocenters. The van der Waals surface area contributed by atoms with Crippen molar-refractivity contribution in [1.29, 1.82) is 0 Å². The second kappa shape index (κ2) is 7.95. The van der Waals surface area contributed by atoms with E-state index in [0.29, 0.717) is 11.0 Å². The molecule has 0 heterocycles. The van der Waals surface area contributed by atoms with E-state index < -0.39 is 10.8 Å². The number of hydrogen-bond donors (Lipinski definition) is 1. The number of nitrogens with one attached hydrogen (secondary N) is 1. The maximum Gasteiger partial charge on any atom is 0.123 e. The summed E-state index contributed by atoms with van der Waals surface area (Å²) in [5.74, 6) is 1.54. The summed E-state index contributed by atoms with van der Waals surface area (Å²) in [5.41, 5.74) is 2.32. The summed E-state index contributed by atoms with van der Waals surface area (Å²) in [6.07, 6.45) is 6.00. The average Bonchev–Trinajstić information content (AvgIpc) is 2.53. The van der Waals surface area contributed by atoms with Crippen LogP contribution in [0.4, 0.5) is 0 Å². The fourth-order valence-corrected chi connectivity index (χ4v) is 4.89. The van der Waals surface area contributed by atoms with Gasteiger partial charge in [0, 0.05) is 33.4 Å². The lowest BCUT2D eigenvalue weighted by Gasteiger charge is -2.25. The molecule has 2 rings (SSSR count). The SMILES string of the molecule is CNC(CS(=O)C1CCCCC1)c1cc(C)ccc1OC. The Hall–Kier alpha value is -0.870. The molecule has 21 heavy (non-hydrogen) atoms. The largest absolute Gasteiger partial charge is 0.496 e. The second-order valence-electron chi connectivity index (χ2n) is 5.89. The standard InChI is InChI=1S/C17H27NO2S/c1-13-9-10-17(20-3)15(11-13)16(18-2)12-21(19)14-7-5-4-6-8-14/h9-11,14,16,18H,4-8,12H2,1-3H3. The van der Waals surface area contributed by atoms with Crippen molar-refractivity contribution in [2.75, 3.05) is 19.9 Å². The molecule has 1 fully saturated rings. The average molecular weight is 309 g/mol. The highest BCUT2D eigenvalue weighted by atomic mass is 32.2. The van der Waals surface area contributed by atoms with Crippen LogP contribution in [0.1, 0.15) is 49.3 Å². The van der Waals surface area contributed by atoms with Crippen LogP contribution in [0.3, 0.4) is 0 Å². The van der Waals surface area contributed by atoms with Gasteiger partial charge in [-0.15, -0.1) is 0 Å². The quantitative estimate of drug-likeness (QED) is 0.876. The zero-order valence-electron chi connectivity index (χ0n) is 13.4. The topological polar surface area (TPSA) is 38.3 Å². The zero-order chi connectivity index (χ0) is 15.2. The summed E-state index contributed by atoms with van der Waals surface area (Å²) >= 11 is 0. The molecule has 1 saturated carbocycles. The van der Waals surface area contributed by atoms with Gasteiger partial charge in [0.05, 0.1) is 7.11 Å². The number of methoxy groups -OCH3 is 1. The van der Waals surface area contributed by atoms with Crippen LogP contribution in [0.25, 0.3) is 0 Å². The van der Waals surface area contributed by atoms with Crippen LogP contribution in [-0.2, 0) is 10.8 Å². The molecule has 1 aliphatic carbocycles. The fourth-order valence-electron chi connectivity index (χ4n) is 3.08. The molecule has 0 amide bonds. The van der Waals surface area contributed by atoms with Gasteiger partial charge in [0.1, 0.15) is 5.75 Å². The number of hydrogen-bond acceptors (Lipinski definition) is 3. The predicted octanol–water partition coefficient (Wildman–Crippen LogP) is 3.35. The van der Waals surface area contributed by atoms with E-state index >= 15 is 0 Å². The Balaban J connectivity index is 2.12. The molecule has 4 heteroatoms. The number of aryl methyl sites for hydroxylation is 1. The van der Waals surface area contributed by atoms with Gasteiger partial charge in [-0.3, -0.25) is 4.21 Å². The molecule has 1 aromatic rings. The number of ether oxygens (including phenoxy) is 1. The first-order valence-corrected chi connectivity index (χ1v) is 9.23. The third kappa shape index (κ3) is 4.30. The van der Waals surface area contributed by atoms with E-state index in [0.717, 1.165) is 24.2 Å². The highest BCUT2D eigenvalue weighted by Gasteiger charge is 2.24. The monoisotopic (exact) mass is 309 g/mol. The molecule has 0 radical (unpaired) electrons. The van der Waals surface area contributed by atoms with Crippen molar-refractivity contribution < 1.29 is 8.95 Å². The first-order valence-electron chi connectivity index (χ1n) is 7.84. The molecule has 3 nitrogen and oxygen atoms in total. The van der Waals surface area contributed by atoms with E-state index in [1.54, 1.807) is 7.11 Å². The van der Waals surface area contributed by atoms with E-state index in [1.807, 2.05) is 19.2 Å². The fraction of sp³-hybridized carbons (Fsp3) is 0.647. The molecule has 1 aromatic carbocycles. The first kappa shape index (κ1) is 16.5. The van der Waals surface area contributed by atoms with Crippen molar-refractivity contribution in [2.24, 2.45) is 0 Å². The lowest BCUT2D eigenvalue weighted by molar-refractivity contribution is 0.404. The van der Waals surface area contributed by atoms with Crippen LogP contribution in [0, 0.1) is 6.92 Å². The summed E-state index contributed by atoms with van der Waals surface area (Å²) in [7, 11) is 2.86. The predicted molar refractivity (Wildman–Crippen MR) is 89.4 cm³/mol. The minimum atomic E-state index is -0.772. The zero-order valence-corrected chi connectivity index (χ0v) is 14.2. The molecular formula is C17H27NO2S. The van der Waals surface area contributed by atoms with Crippen molar-refractivity contribution in [3.05, 3.63) is 29.3 Å². The van der Waals surface area contributed by atoms with E-state index in [-0.39, 0.29) is 6.04 Å². The van der Waals surface area contributed by atoms with Crippen LogP contribution in [0.15, 0.2) is 18.2 Å². The van der Waals surface area contributed by atoms with Crippen molar-refractivity contribution in [2.45, 2.75) is 50.3 Å². The van der Waals surface area contributed by atoms with E-state index in [1.165, 1.54) is 24.8 Å². The van der Waals surface area contributed by atoms with E-state index in [2.05, 4.69) is 18.3 Å². The van der Waals surface area contributed by atoms with Crippen molar-refractivity contribution in [1.82, 2.24) is 5.32 Å². The second-order valence-corrected chi connectivity index (χ2v) is 7.66. The van der Waals surface area contributed by atoms with E-state index in [9.17, 15) is 4.21 Å². The van der Waals surface area contributed by atoms with Gasteiger partial charge in [0.15, 0.2) is 0 Å². The maximum absolute atomic E-state index is 12.7. The molecule has 1 N–H and O–H groups in total. The third-order valence-corrected chi connectivity index (χ3v) is 6.24. The van der Waals surface area contributed by atoms with Crippen LogP contribution < -0.4 is 10.1 Å². The van der Waals surface area contributed by atoms with Gasteiger partial charge >= 0.3 is 0 Å². The summed E-state index contributed by atoms with van der Waals surface area (Å²) in [6, 6.07) is 6.27. The van der Waals surface area contributed by atoms with Gasteiger partial charge in [0.25, 0.3) is 0 Å². The van der Waals surface area contributed by atoms with Crippen molar-refractivity contribution in [3.8, 4) is 5.75 Å². The minimum absolute atomic E-state index is 0.0857. The van der Waals surface area contributed by atoms with Gasteiger partial charge in [-0.2, -0.15) is 0 Å². The van der Waals surface area contributed by atoms with Crippen LogP contribution in [0.2, 0.25) is 0 Å².